The second-order valence-electron chi connectivity index (χ2n) is 10.7. The van der Waals surface area contributed by atoms with E-state index in [1.54, 1.807) is 49.4 Å². The van der Waals surface area contributed by atoms with Gasteiger partial charge in [0.1, 0.15) is 12.6 Å². The topological polar surface area (TPSA) is 86.8 Å². The molecular formula is C31H37Cl2N3O4S. The number of sulfonamides is 1. The molecule has 0 spiro atoms. The van der Waals surface area contributed by atoms with Gasteiger partial charge >= 0.3 is 0 Å². The number of carbonyl (C=O) groups is 2. The van der Waals surface area contributed by atoms with Crippen LogP contribution in [0.2, 0.25) is 10.0 Å². The Hall–Kier alpha value is -3.07. The first-order valence-electron chi connectivity index (χ1n) is 13.4. The van der Waals surface area contributed by atoms with Crippen LogP contribution in [0.3, 0.4) is 0 Å². The van der Waals surface area contributed by atoms with Crippen LogP contribution in [0.15, 0.2) is 71.6 Å². The molecule has 3 aromatic carbocycles. The second kappa shape index (κ2) is 13.7. The molecular weight excluding hydrogens is 581 g/mol. The zero-order chi connectivity index (χ0) is 30.5. The summed E-state index contributed by atoms with van der Waals surface area (Å²) in [5.41, 5.74) is 2.85. The minimum atomic E-state index is -4.14. The van der Waals surface area contributed by atoms with Crippen LogP contribution < -0.4 is 9.62 Å². The third kappa shape index (κ3) is 8.24. The van der Waals surface area contributed by atoms with Crippen LogP contribution in [0, 0.1) is 6.92 Å². The van der Waals surface area contributed by atoms with Crippen LogP contribution in [-0.2, 0) is 26.2 Å². The van der Waals surface area contributed by atoms with Crippen LogP contribution in [0.4, 0.5) is 5.69 Å². The molecule has 0 aromatic heterocycles. The predicted molar refractivity (Wildman–Crippen MR) is 166 cm³/mol. The highest BCUT2D eigenvalue weighted by Gasteiger charge is 2.33. The number of rotatable bonds is 11. The molecule has 3 aromatic rings. The van der Waals surface area contributed by atoms with Gasteiger partial charge in [-0.1, -0.05) is 72.9 Å². The average molecular weight is 619 g/mol. The maximum atomic E-state index is 14.0. The Morgan fingerprint density at radius 1 is 0.878 bits per heavy atom. The average Bonchev–Trinajstić information content (AvgIpc) is 2.90. The third-order valence-corrected chi connectivity index (χ3v) is 9.06. The van der Waals surface area contributed by atoms with Gasteiger partial charge in [0.25, 0.3) is 10.0 Å². The molecule has 2 amide bonds. The summed E-state index contributed by atoms with van der Waals surface area (Å²) in [6.07, 6.45) is 0. The first kappa shape index (κ1) is 32.4. The molecule has 41 heavy (non-hydrogen) atoms. The maximum absolute atomic E-state index is 14.0. The smallest absolute Gasteiger partial charge is 0.264 e. The lowest BCUT2D eigenvalue weighted by atomic mass is 10.0. The molecule has 0 bridgehead atoms. The minimum absolute atomic E-state index is 0.0216. The van der Waals surface area contributed by atoms with Gasteiger partial charge in [-0.3, -0.25) is 13.9 Å². The Morgan fingerprint density at radius 2 is 1.49 bits per heavy atom. The largest absolute Gasteiger partial charge is 0.352 e. The normalized spacial score (nSPS) is 12.3. The van der Waals surface area contributed by atoms with E-state index in [0.717, 1.165) is 15.4 Å². The lowest BCUT2D eigenvalue weighted by Crippen LogP contribution is -2.52. The van der Waals surface area contributed by atoms with E-state index in [1.807, 2.05) is 46.8 Å². The molecule has 10 heteroatoms. The SMILES string of the molecule is Cc1ccc(S(=O)(=O)N(CC(=O)N(Cc2ccc(Cl)cc2Cl)[C@H](C)C(=O)NC(C)C)c2ccc(C(C)C)cc2)cc1. The summed E-state index contributed by atoms with van der Waals surface area (Å²) in [7, 11) is -4.14. The fourth-order valence-electron chi connectivity index (χ4n) is 4.21. The van der Waals surface area contributed by atoms with E-state index in [0.29, 0.717) is 21.3 Å². The number of nitrogens with one attached hydrogen (secondary N) is 1. The zero-order valence-corrected chi connectivity index (χ0v) is 26.5. The molecule has 0 aliphatic rings. The van der Waals surface area contributed by atoms with Gasteiger partial charge < -0.3 is 10.2 Å². The number of hydrogen-bond donors (Lipinski definition) is 1. The van der Waals surface area contributed by atoms with Crippen LogP contribution in [0.5, 0.6) is 0 Å². The Kier molecular flexibility index (Phi) is 10.9. The van der Waals surface area contributed by atoms with Crippen molar-refractivity contribution in [2.24, 2.45) is 0 Å². The maximum Gasteiger partial charge on any atom is 0.264 e. The van der Waals surface area contributed by atoms with Crippen LogP contribution in [0.1, 0.15) is 57.2 Å². The van der Waals surface area contributed by atoms with E-state index < -0.39 is 28.5 Å². The highest BCUT2D eigenvalue weighted by atomic mass is 35.5. The molecule has 0 aliphatic heterocycles. The Labute approximate surface area is 253 Å². The summed E-state index contributed by atoms with van der Waals surface area (Å²) < 4.78 is 29.0. The number of halogens is 2. The van der Waals surface area contributed by atoms with Gasteiger partial charge in [-0.05, 0) is 81.1 Å². The first-order chi connectivity index (χ1) is 19.2. The number of aryl methyl sites for hydroxylation is 1. The summed E-state index contributed by atoms with van der Waals surface area (Å²) in [5, 5.41) is 3.60. The first-order valence-corrected chi connectivity index (χ1v) is 15.6. The van der Waals surface area contributed by atoms with Crippen molar-refractivity contribution < 1.29 is 18.0 Å². The van der Waals surface area contributed by atoms with Gasteiger partial charge in [0, 0.05) is 22.6 Å². The molecule has 0 heterocycles. The molecule has 0 unspecified atom stereocenters. The third-order valence-electron chi connectivity index (χ3n) is 6.69. The van der Waals surface area contributed by atoms with Gasteiger partial charge in [-0.15, -0.1) is 0 Å². The summed E-state index contributed by atoms with van der Waals surface area (Å²) in [6.45, 7) is 10.7. The van der Waals surface area contributed by atoms with Crippen molar-refractivity contribution in [1.29, 1.82) is 0 Å². The van der Waals surface area contributed by atoms with E-state index in [4.69, 9.17) is 23.2 Å². The van der Waals surface area contributed by atoms with Crippen molar-refractivity contribution in [2.45, 2.75) is 71.0 Å². The summed E-state index contributed by atoms with van der Waals surface area (Å²) in [6, 6.07) is 17.4. The van der Waals surface area contributed by atoms with Crippen molar-refractivity contribution >= 4 is 50.7 Å². The quantitative estimate of drug-likeness (QED) is 0.264. The fourth-order valence-corrected chi connectivity index (χ4v) is 6.10. The standard InChI is InChI=1S/C31H37Cl2N3O4S/c1-20(2)24-10-13-27(14-11-24)36(41(39,40)28-15-7-22(5)8-16-28)19-30(37)35(23(6)31(38)34-21(3)4)18-25-9-12-26(32)17-29(25)33/h7-17,20-21,23H,18-19H2,1-6H3,(H,34,38)/t23-/m1/s1. The van der Waals surface area contributed by atoms with Crippen molar-refractivity contribution in [1.82, 2.24) is 10.2 Å². The fraction of sp³-hybridized carbons (Fsp3) is 0.355. The number of anilines is 1. The molecule has 220 valence electrons. The van der Waals surface area contributed by atoms with E-state index in [2.05, 4.69) is 5.32 Å². The Bertz CT molecular complexity index is 1470. The molecule has 0 fully saturated rings. The molecule has 0 saturated heterocycles. The van der Waals surface area contributed by atoms with E-state index in [1.165, 1.54) is 17.0 Å². The predicted octanol–water partition coefficient (Wildman–Crippen LogP) is 6.56. The van der Waals surface area contributed by atoms with Crippen molar-refractivity contribution in [2.75, 3.05) is 10.8 Å². The van der Waals surface area contributed by atoms with Gasteiger partial charge in [-0.25, -0.2) is 8.42 Å². The van der Waals surface area contributed by atoms with Crippen molar-refractivity contribution in [3.05, 3.63) is 93.5 Å². The lowest BCUT2D eigenvalue weighted by Gasteiger charge is -2.32. The number of nitrogens with zero attached hydrogens (tertiary/aromatic N) is 2. The molecule has 7 nitrogen and oxygen atoms in total. The van der Waals surface area contributed by atoms with Crippen molar-refractivity contribution in [3.63, 3.8) is 0 Å². The van der Waals surface area contributed by atoms with E-state index in [-0.39, 0.29) is 29.3 Å². The molecule has 3 rings (SSSR count). The summed E-state index contributed by atoms with van der Waals surface area (Å²) in [4.78, 5) is 28.5. The minimum Gasteiger partial charge on any atom is -0.352 e. The molecule has 0 aliphatic carbocycles. The summed E-state index contributed by atoms with van der Waals surface area (Å²) in [5.74, 6) is -0.688. The number of hydrogen-bond acceptors (Lipinski definition) is 4. The van der Waals surface area contributed by atoms with E-state index in [9.17, 15) is 18.0 Å². The van der Waals surface area contributed by atoms with Gasteiger partial charge in [-0.2, -0.15) is 0 Å². The number of carbonyl (C=O) groups excluding carboxylic acids is 2. The number of amides is 2. The zero-order valence-electron chi connectivity index (χ0n) is 24.2. The molecule has 1 N–H and O–H groups in total. The Morgan fingerprint density at radius 3 is 2.02 bits per heavy atom. The highest BCUT2D eigenvalue weighted by molar-refractivity contribution is 7.92. The summed E-state index contributed by atoms with van der Waals surface area (Å²) >= 11 is 12.5. The Balaban J connectivity index is 2.07. The van der Waals surface area contributed by atoms with Gasteiger partial charge in [0.05, 0.1) is 10.6 Å². The highest BCUT2D eigenvalue weighted by Crippen LogP contribution is 2.28. The van der Waals surface area contributed by atoms with Gasteiger partial charge in [0.2, 0.25) is 11.8 Å². The van der Waals surface area contributed by atoms with Crippen LogP contribution in [-0.4, -0.2) is 43.8 Å². The lowest BCUT2D eigenvalue weighted by molar-refractivity contribution is -0.139. The monoisotopic (exact) mass is 617 g/mol. The van der Waals surface area contributed by atoms with Gasteiger partial charge in [0.15, 0.2) is 0 Å². The van der Waals surface area contributed by atoms with E-state index >= 15 is 0 Å². The molecule has 0 saturated carbocycles. The van der Waals surface area contributed by atoms with Crippen LogP contribution in [0.25, 0.3) is 0 Å². The molecule has 0 radical (unpaired) electrons. The number of benzene rings is 3. The second-order valence-corrected chi connectivity index (χ2v) is 13.4. The van der Waals surface area contributed by atoms with Crippen LogP contribution >= 0.6 is 23.2 Å². The van der Waals surface area contributed by atoms with Crippen molar-refractivity contribution in [3.8, 4) is 0 Å². The molecule has 1 atom stereocenters.